The number of aromatic amines is 1. The summed E-state index contributed by atoms with van der Waals surface area (Å²) in [5.41, 5.74) is 1.56. The van der Waals surface area contributed by atoms with Gasteiger partial charge in [-0.05, 0) is 23.6 Å². The SMILES string of the molecule is CON(O)c1ccc2cc[nH]c2c1. The fourth-order valence-corrected chi connectivity index (χ4v) is 1.26. The number of nitrogens with zero attached hydrogens (tertiary/aromatic N) is 1. The monoisotopic (exact) mass is 178 g/mol. The first-order chi connectivity index (χ1) is 6.31. The Morgan fingerprint density at radius 1 is 1.38 bits per heavy atom. The van der Waals surface area contributed by atoms with Crippen molar-refractivity contribution in [3.63, 3.8) is 0 Å². The van der Waals surface area contributed by atoms with Crippen molar-refractivity contribution in [1.29, 1.82) is 0 Å². The molecule has 1 aromatic carbocycles. The zero-order valence-electron chi connectivity index (χ0n) is 7.19. The third-order valence-electron chi connectivity index (χ3n) is 1.93. The number of H-pyrrole nitrogens is 1. The molecule has 0 atom stereocenters. The van der Waals surface area contributed by atoms with Crippen LogP contribution in [0.5, 0.6) is 0 Å². The minimum Gasteiger partial charge on any atom is -0.361 e. The first-order valence-corrected chi connectivity index (χ1v) is 3.91. The molecular formula is C9H10N2O2. The van der Waals surface area contributed by atoms with Crippen molar-refractivity contribution in [2.24, 2.45) is 0 Å². The number of nitrogens with one attached hydrogen (secondary N) is 1. The lowest BCUT2D eigenvalue weighted by Crippen LogP contribution is -2.15. The van der Waals surface area contributed by atoms with Crippen LogP contribution in [0.3, 0.4) is 0 Å². The molecule has 1 aromatic heterocycles. The van der Waals surface area contributed by atoms with Gasteiger partial charge in [0.15, 0.2) is 0 Å². The van der Waals surface area contributed by atoms with Crippen LogP contribution < -0.4 is 5.23 Å². The van der Waals surface area contributed by atoms with E-state index in [1.54, 1.807) is 12.1 Å². The average molecular weight is 178 g/mol. The second kappa shape index (κ2) is 3.08. The Hall–Kier alpha value is -1.52. The minimum atomic E-state index is 0.595. The van der Waals surface area contributed by atoms with E-state index in [9.17, 15) is 5.21 Å². The van der Waals surface area contributed by atoms with Crippen LogP contribution in [0.25, 0.3) is 10.9 Å². The van der Waals surface area contributed by atoms with Crippen molar-refractivity contribution in [3.05, 3.63) is 30.5 Å². The van der Waals surface area contributed by atoms with Gasteiger partial charge in [-0.1, -0.05) is 6.07 Å². The molecule has 0 amide bonds. The van der Waals surface area contributed by atoms with E-state index in [-0.39, 0.29) is 0 Å². The van der Waals surface area contributed by atoms with Crippen LogP contribution >= 0.6 is 0 Å². The van der Waals surface area contributed by atoms with Gasteiger partial charge >= 0.3 is 0 Å². The maximum absolute atomic E-state index is 9.22. The predicted molar refractivity (Wildman–Crippen MR) is 49.6 cm³/mol. The lowest BCUT2D eigenvalue weighted by molar-refractivity contribution is -0.0109. The molecule has 2 N–H and O–H groups in total. The summed E-state index contributed by atoms with van der Waals surface area (Å²) in [6, 6.07) is 7.45. The minimum absolute atomic E-state index is 0.595. The highest BCUT2D eigenvalue weighted by molar-refractivity contribution is 5.82. The maximum Gasteiger partial charge on any atom is 0.0966 e. The highest BCUT2D eigenvalue weighted by Gasteiger charge is 2.02. The lowest BCUT2D eigenvalue weighted by Gasteiger charge is -2.12. The molecule has 0 bridgehead atoms. The van der Waals surface area contributed by atoms with Crippen molar-refractivity contribution < 1.29 is 10.0 Å². The average Bonchev–Trinajstić information content (AvgIpc) is 2.63. The summed E-state index contributed by atoms with van der Waals surface area (Å²) in [5, 5.41) is 11.1. The summed E-state index contributed by atoms with van der Waals surface area (Å²) in [6.45, 7) is 0. The third kappa shape index (κ3) is 1.37. The van der Waals surface area contributed by atoms with Crippen LogP contribution in [0.2, 0.25) is 0 Å². The second-order valence-corrected chi connectivity index (χ2v) is 2.70. The Bertz CT molecular complexity index is 411. The molecule has 13 heavy (non-hydrogen) atoms. The van der Waals surface area contributed by atoms with Crippen LogP contribution in [0.1, 0.15) is 0 Å². The van der Waals surface area contributed by atoms with E-state index in [0.29, 0.717) is 5.69 Å². The van der Waals surface area contributed by atoms with E-state index < -0.39 is 0 Å². The summed E-state index contributed by atoms with van der Waals surface area (Å²) in [5.74, 6) is 0. The molecule has 0 fully saturated rings. The number of hydrogen-bond acceptors (Lipinski definition) is 3. The number of anilines is 1. The topological polar surface area (TPSA) is 48.5 Å². The van der Waals surface area contributed by atoms with Gasteiger partial charge in [-0.3, -0.25) is 10.0 Å². The summed E-state index contributed by atoms with van der Waals surface area (Å²) < 4.78 is 0. The van der Waals surface area contributed by atoms with Crippen LogP contribution in [0.15, 0.2) is 30.5 Å². The van der Waals surface area contributed by atoms with Crippen LogP contribution in [0, 0.1) is 0 Å². The van der Waals surface area contributed by atoms with Gasteiger partial charge in [0.1, 0.15) is 0 Å². The van der Waals surface area contributed by atoms with Gasteiger partial charge in [0.25, 0.3) is 0 Å². The van der Waals surface area contributed by atoms with Gasteiger partial charge in [-0.2, -0.15) is 0 Å². The van der Waals surface area contributed by atoms with E-state index in [0.717, 1.165) is 16.1 Å². The number of rotatable bonds is 2. The van der Waals surface area contributed by atoms with Gasteiger partial charge in [0.05, 0.1) is 12.8 Å². The normalized spacial score (nSPS) is 10.6. The molecule has 4 nitrogen and oxygen atoms in total. The van der Waals surface area contributed by atoms with Crippen molar-refractivity contribution in [2.45, 2.75) is 0 Å². The van der Waals surface area contributed by atoms with Gasteiger partial charge < -0.3 is 4.98 Å². The standard InChI is InChI=1S/C9H10N2O2/c1-13-11(12)8-3-2-7-4-5-10-9(7)6-8/h2-6,10,12H,1H3. The molecule has 68 valence electrons. The number of benzene rings is 1. The van der Waals surface area contributed by atoms with Crippen molar-refractivity contribution in [1.82, 2.24) is 4.98 Å². The van der Waals surface area contributed by atoms with Gasteiger partial charge in [0, 0.05) is 11.7 Å². The molecule has 0 saturated heterocycles. The maximum atomic E-state index is 9.22. The summed E-state index contributed by atoms with van der Waals surface area (Å²) in [6.07, 6.45) is 1.85. The summed E-state index contributed by atoms with van der Waals surface area (Å²) in [4.78, 5) is 7.68. The van der Waals surface area contributed by atoms with Gasteiger partial charge in [-0.15, -0.1) is 5.23 Å². The molecule has 2 aromatic rings. The Balaban J connectivity index is 2.48. The Morgan fingerprint density at radius 3 is 3.00 bits per heavy atom. The highest BCUT2D eigenvalue weighted by atomic mass is 16.9. The zero-order chi connectivity index (χ0) is 9.26. The lowest BCUT2D eigenvalue weighted by atomic mass is 10.2. The van der Waals surface area contributed by atoms with E-state index in [1.807, 2.05) is 18.3 Å². The molecule has 0 spiro atoms. The van der Waals surface area contributed by atoms with Crippen molar-refractivity contribution in [3.8, 4) is 0 Å². The van der Waals surface area contributed by atoms with Gasteiger partial charge in [-0.25, -0.2) is 0 Å². The fourth-order valence-electron chi connectivity index (χ4n) is 1.26. The van der Waals surface area contributed by atoms with E-state index in [1.165, 1.54) is 7.11 Å². The molecule has 0 aliphatic rings. The van der Waals surface area contributed by atoms with Crippen LogP contribution in [0.4, 0.5) is 5.69 Å². The van der Waals surface area contributed by atoms with Gasteiger partial charge in [0.2, 0.25) is 0 Å². The van der Waals surface area contributed by atoms with E-state index in [2.05, 4.69) is 9.82 Å². The summed E-state index contributed by atoms with van der Waals surface area (Å²) in [7, 11) is 1.40. The molecule has 0 aliphatic heterocycles. The van der Waals surface area contributed by atoms with Crippen LogP contribution in [-0.2, 0) is 4.84 Å². The number of aromatic nitrogens is 1. The molecule has 0 aliphatic carbocycles. The summed E-state index contributed by atoms with van der Waals surface area (Å²) >= 11 is 0. The molecule has 2 rings (SSSR count). The predicted octanol–water partition coefficient (Wildman–Crippen LogP) is 1.92. The smallest absolute Gasteiger partial charge is 0.0966 e. The fraction of sp³-hybridized carbons (Fsp3) is 0.111. The molecule has 0 saturated carbocycles. The number of fused-ring (bicyclic) bond motifs is 1. The molecular weight excluding hydrogens is 168 g/mol. The van der Waals surface area contributed by atoms with Crippen LogP contribution in [-0.4, -0.2) is 17.3 Å². The Morgan fingerprint density at radius 2 is 2.23 bits per heavy atom. The molecule has 4 heteroatoms. The Labute approximate surface area is 75.3 Å². The second-order valence-electron chi connectivity index (χ2n) is 2.70. The van der Waals surface area contributed by atoms with E-state index in [4.69, 9.17) is 0 Å². The molecule has 0 radical (unpaired) electrons. The van der Waals surface area contributed by atoms with Crippen molar-refractivity contribution in [2.75, 3.05) is 12.3 Å². The first kappa shape index (κ1) is 8.10. The largest absolute Gasteiger partial charge is 0.361 e. The van der Waals surface area contributed by atoms with E-state index >= 15 is 0 Å². The number of hydrogen-bond donors (Lipinski definition) is 2. The first-order valence-electron chi connectivity index (χ1n) is 3.91. The quantitative estimate of drug-likeness (QED) is 0.691. The van der Waals surface area contributed by atoms with Crippen molar-refractivity contribution >= 4 is 16.6 Å². The Kier molecular flexibility index (Phi) is 1.92. The molecule has 0 unspecified atom stereocenters. The molecule has 1 heterocycles. The zero-order valence-corrected chi connectivity index (χ0v) is 7.19. The third-order valence-corrected chi connectivity index (χ3v) is 1.93. The highest BCUT2D eigenvalue weighted by Crippen LogP contribution is 2.19.